The number of fused-ring (bicyclic) bond motifs is 1. The van der Waals surface area contributed by atoms with Gasteiger partial charge in [0.1, 0.15) is 0 Å². The summed E-state index contributed by atoms with van der Waals surface area (Å²) in [5.74, 6) is 0. The Morgan fingerprint density at radius 1 is 1.38 bits per heavy atom. The molecular formula is C16H17N5. The Balaban J connectivity index is 1.62. The predicted molar refractivity (Wildman–Crippen MR) is 84.3 cm³/mol. The number of hydrogen-bond acceptors (Lipinski definition) is 4. The van der Waals surface area contributed by atoms with Crippen LogP contribution in [0, 0.1) is 0 Å². The number of rotatable bonds is 5. The lowest BCUT2D eigenvalue weighted by Crippen LogP contribution is -2.18. The number of aliphatic imine (C=N–C) groups is 1. The van der Waals surface area contributed by atoms with Crippen molar-refractivity contribution in [3.63, 3.8) is 0 Å². The first-order chi connectivity index (χ1) is 10.3. The quantitative estimate of drug-likeness (QED) is 0.706. The second kappa shape index (κ2) is 6.28. The molecule has 106 valence electrons. The summed E-state index contributed by atoms with van der Waals surface area (Å²) < 4.78 is 0. The summed E-state index contributed by atoms with van der Waals surface area (Å²) in [7, 11) is 0. The zero-order chi connectivity index (χ0) is 14.5. The molecule has 2 N–H and O–H groups in total. The van der Waals surface area contributed by atoms with Crippen LogP contribution in [0.1, 0.15) is 24.1 Å². The molecule has 0 saturated carbocycles. The molecule has 0 spiro atoms. The Bertz CT molecular complexity index is 733. The van der Waals surface area contributed by atoms with Crippen molar-refractivity contribution in [2.45, 2.75) is 13.0 Å². The summed E-state index contributed by atoms with van der Waals surface area (Å²) in [5.41, 5.74) is 3.22. The smallest absolute Gasteiger partial charge is 0.0889 e. The molecule has 3 aromatic rings. The van der Waals surface area contributed by atoms with Gasteiger partial charge in [0.15, 0.2) is 0 Å². The molecule has 0 fully saturated rings. The van der Waals surface area contributed by atoms with Gasteiger partial charge in [0.25, 0.3) is 0 Å². The largest absolute Gasteiger partial charge is 0.292 e. The van der Waals surface area contributed by atoms with Gasteiger partial charge in [-0.1, -0.05) is 12.1 Å². The molecule has 0 aliphatic carbocycles. The molecule has 2 aromatic heterocycles. The van der Waals surface area contributed by atoms with E-state index in [9.17, 15) is 0 Å². The van der Waals surface area contributed by atoms with Crippen LogP contribution in [-0.4, -0.2) is 28.1 Å². The third kappa shape index (κ3) is 3.32. The van der Waals surface area contributed by atoms with Crippen LogP contribution in [0.15, 0.2) is 53.9 Å². The first-order valence-electron chi connectivity index (χ1n) is 6.89. The maximum atomic E-state index is 4.33. The van der Waals surface area contributed by atoms with Crippen molar-refractivity contribution in [3.8, 4) is 0 Å². The van der Waals surface area contributed by atoms with Gasteiger partial charge in [-0.15, -0.1) is 0 Å². The molecule has 0 bridgehead atoms. The number of aromatic amines is 1. The number of aromatic nitrogens is 3. The van der Waals surface area contributed by atoms with Gasteiger partial charge in [0.2, 0.25) is 0 Å². The van der Waals surface area contributed by atoms with E-state index in [4.69, 9.17) is 0 Å². The molecule has 2 heterocycles. The third-order valence-corrected chi connectivity index (χ3v) is 3.38. The monoisotopic (exact) mass is 279 g/mol. The maximum Gasteiger partial charge on any atom is 0.0889 e. The summed E-state index contributed by atoms with van der Waals surface area (Å²) >= 11 is 0. The lowest BCUT2D eigenvalue weighted by Gasteiger charge is -2.13. The molecular weight excluding hydrogens is 262 g/mol. The first-order valence-corrected chi connectivity index (χ1v) is 6.89. The summed E-state index contributed by atoms with van der Waals surface area (Å²) in [6.07, 6.45) is 7.16. The van der Waals surface area contributed by atoms with Crippen LogP contribution in [0.3, 0.4) is 0 Å². The van der Waals surface area contributed by atoms with Crippen molar-refractivity contribution in [2.75, 3.05) is 6.67 Å². The molecule has 0 aliphatic rings. The fourth-order valence-corrected chi connectivity index (χ4v) is 2.15. The average Bonchev–Trinajstić information content (AvgIpc) is 3.04. The van der Waals surface area contributed by atoms with Gasteiger partial charge in [-0.3, -0.25) is 20.4 Å². The molecule has 5 nitrogen and oxygen atoms in total. The van der Waals surface area contributed by atoms with Gasteiger partial charge >= 0.3 is 0 Å². The number of benzene rings is 1. The van der Waals surface area contributed by atoms with E-state index < -0.39 is 0 Å². The van der Waals surface area contributed by atoms with E-state index in [1.165, 1.54) is 5.56 Å². The van der Waals surface area contributed by atoms with Crippen molar-refractivity contribution in [3.05, 3.63) is 60.0 Å². The molecule has 1 unspecified atom stereocenters. The van der Waals surface area contributed by atoms with E-state index in [0.717, 1.165) is 16.5 Å². The Kier molecular flexibility index (Phi) is 4.02. The van der Waals surface area contributed by atoms with E-state index in [1.807, 2.05) is 18.5 Å². The SMILES string of the molecule is CC(NC/N=C/c1cn[nH]c1)c1ccc2ncccc2c1. The molecule has 0 aliphatic heterocycles. The predicted octanol–water partition coefficient (Wildman–Crippen LogP) is 2.69. The number of H-pyrrole nitrogens is 1. The number of nitrogens with one attached hydrogen (secondary N) is 2. The molecule has 3 rings (SSSR count). The third-order valence-electron chi connectivity index (χ3n) is 3.38. The second-order valence-corrected chi connectivity index (χ2v) is 4.88. The minimum Gasteiger partial charge on any atom is -0.292 e. The summed E-state index contributed by atoms with van der Waals surface area (Å²) in [5, 5.41) is 11.2. The molecule has 5 heteroatoms. The number of pyridine rings is 1. The normalized spacial score (nSPS) is 13.0. The summed E-state index contributed by atoms with van der Waals surface area (Å²) in [6.45, 7) is 2.70. The van der Waals surface area contributed by atoms with E-state index >= 15 is 0 Å². The van der Waals surface area contributed by atoms with Crippen LogP contribution in [-0.2, 0) is 0 Å². The molecule has 0 saturated heterocycles. The van der Waals surface area contributed by atoms with Gasteiger partial charge in [-0.05, 0) is 30.7 Å². The van der Waals surface area contributed by atoms with Crippen LogP contribution in [0.2, 0.25) is 0 Å². The van der Waals surface area contributed by atoms with E-state index in [1.54, 1.807) is 12.4 Å². The molecule has 1 aromatic carbocycles. The van der Waals surface area contributed by atoms with Crippen molar-refractivity contribution >= 4 is 17.1 Å². The van der Waals surface area contributed by atoms with Crippen LogP contribution >= 0.6 is 0 Å². The van der Waals surface area contributed by atoms with E-state index in [0.29, 0.717) is 6.67 Å². The minimum absolute atomic E-state index is 0.233. The van der Waals surface area contributed by atoms with Crippen LogP contribution in [0.5, 0.6) is 0 Å². The standard InChI is InChI=1S/C16H17N5/c1-12(19-11-17-8-13-9-20-21-10-13)14-4-5-16-15(7-14)3-2-6-18-16/h2-10,12,19H,11H2,1H3,(H,20,21)/b17-8+. The highest BCUT2D eigenvalue weighted by molar-refractivity contribution is 5.79. The second-order valence-electron chi connectivity index (χ2n) is 4.88. The van der Waals surface area contributed by atoms with Crippen molar-refractivity contribution in [1.82, 2.24) is 20.5 Å². The summed E-state index contributed by atoms with van der Waals surface area (Å²) in [6, 6.07) is 10.6. The Morgan fingerprint density at radius 3 is 3.19 bits per heavy atom. The average molecular weight is 279 g/mol. The number of hydrogen-bond donors (Lipinski definition) is 2. The van der Waals surface area contributed by atoms with Crippen molar-refractivity contribution < 1.29 is 0 Å². The molecule has 21 heavy (non-hydrogen) atoms. The number of nitrogens with zero attached hydrogens (tertiary/aromatic N) is 3. The lowest BCUT2D eigenvalue weighted by atomic mass is 10.1. The highest BCUT2D eigenvalue weighted by atomic mass is 15.1. The maximum absolute atomic E-state index is 4.33. The van der Waals surface area contributed by atoms with Crippen molar-refractivity contribution in [1.29, 1.82) is 0 Å². The lowest BCUT2D eigenvalue weighted by molar-refractivity contribution is 0.590. The fourth-order valence-electron chi connectivity index (χ4n) is 2.15. The van der Waals surface area contributed by atoms with Gasteiger partial charge < -0.3 is 0 Å². The summed E-state index contributed by atoms with van der Waals surface area (Å²) in [4.78, 5) is 8.67. The Labute approximate surface area is 123 Å². The van der Waals surface area contributed by atoms with Gasteiger partial charge in [0, 0.05) is 35.6 Å². The molecule has 0 radical (unpaired) electrons. The zero-order valence-corrected chi connectivity index (χ0v) is 11.8. The Morgan fingerprint density at radius 2 is 2.33 bits per heavy atom. The van der Waals surface area contributed by atoms with Crippen LogP contribution < -0.4 is 5.32 Å². The van der Waals surface area contributed by atoms with Gasteiger partial charge in [-0.25, -0.2) is 0 Å². The van der Waals surface area contributed by atoms with Crippen molar-refractivity contribution in [2.24, 2.45) is 4.99 Å². The van der Waals surface area contributed by atoms with Crippen LogP contribution in [0.4, 0.5) is 0 Å². The van der Waals surface area contributed by atoms with E-state index in [2.05, 4.69) is 56.7 Å². The first kappa shape index (κ1) is 13.5. The Hall–Kier alpha value is -2.53. The van der Waals surface area contributed by atoms with E-state index in [-0.39, 0.29) is 6.04 Å². The highest BCUT2D eigenvalue weighted by Gasteiger charge is 2.04. The topological polar surface area (TPSA) is 66.0 Å². The molecule has 1 atom stereocenters. The van der Waals surface area contributed by atoms with Gasteiger partial charge in [-0.2, -0.15) is 5.10 Å². The minimum atomic E-state index is 0.233. The van der Waals surface area contributed by atoms with Crippen LogP contribution in [0.25, 0.3) is 10.9 Å². The van der Waals surface area contributed by atoms with Gasteiger partial charge in [0.05, 0.1) is 18.4 Å². The highest BCUT2D eigenvalue weighted by Crippen LogP contribution is 2.18. The molecule has 0 amide bonds. The zero-order valence-electron chi connectivity index (χ0n) is 11.8. The fraction of sp³-hybridized carbons (Fsp3) is 0.188.